The predicted octanol–water partition coefficient (Wildman–Crippen LogP) is 2.40. The molecule has 0 amide bonds. The van der Waals surface area contributed by atoms with E-state index in [1.54, 1.807) is 0 Å². The lowest BCUT2D eigenvalue weighted by molar-refractivity contribution is 0.288. The molecule has 0 aromatic heterocycles. The molecule has 1 aromatic carbocycles. The van der Waals surface area contributed by atoms with Crippen LogP contribution in [0.4, 0.5) is 0 Å². The van der Waals surface area contributed by atoms with Gasteiger partial charge in [0.25, 0.3) is 0 Å². The molecule has 0 radical (unpaired) electrons. The van der Waals surface area contributed by atoms with E-state index in [0.29, 0.717) is 0 Å². The number of nitrogens with zero attached hydrogens (tertiary/aromatic N) is 1. The molecule has 1 N–H and O–H groups in total. The van der Waals surface area contributed by atoms with Gasteiger partial charge in [0.2, 0.25) is 0 Å². The molecule has 2 heteroatoms. The van der Waals surface area contributed by atoms with E-state index in [1.165, 1.54) is 22.3 Å². The minimum absolute atomic E-state index is 0.215. The smallest absolute Gasteiger partial charge is 0.0182 e. The Morgan fingerprint density at radius 1 is 1.17 bits per heavy atom. The van der Waals surface area contributed by atoms with E-state index in [0.717, 1.165) is 26.2 Å². The number of benzene rings is 1. The Balaban J connectivity index is 2.45. The third-order valence-corrected chi connectivity index (χ3v) is 4.08. The van der Waals surface area contributed by atoms with Crippen LogP contribution in [0.3, 0.4) is 0 Å². The maximum Gasteiger partial charge on any atom is 0.0182 e. The minimum atomic E-state index is 0.215. The van der Waals surface area contributed by atoms with Crippen molar-refractivity contribution in [1.82, 2.24) is 10.2 Å². The van der Waals surface area contributed by atoms with Gasteiger partial charge in [-0.05, 0) is 44.5 Å². The van der Waals surface area contributed by atoms with Gasteiger partial charge in [-0.2, -0.15) is 0 Å². The van der Waals surface area contributed by atoms with E-state index in [1.807, 2.05) is 0 Å². The van der Waals surface area contributed by atoms with Crippen LogP contribution >= 0.6 is 0 Å². The molecule has 1 heterocycles. The lowest BCUT2D eigenvalue weighted by Gasteiger charge is -2.34. The van der Waals surface area contributed by atoms with Crippen molar-refractivity contribution < 1.29 is 0 Å². The highest BCUT2D eigenvalue weighted by Crippen LogP contribution is 2.31. The zero-order chi connectivity index (χ0) is 13.3. The quantitative estimate of drug-likeness (QED) is 0.818. The summed E-state index contributed by atoms with van der Waals surface area (Å²) in [5.74, 6) is 0. The summed E-state index contributed by atoms with van der Waals surface area (Å²) in [6.07, 6.45) is 0. The molecular weight excluding hydrogens is 220 g/mol. The van der Waals surface area contributed by atoms with Gasteiger partial charge in [-0.25, -0.2) is 0 Å². The average Bonchev–Trinajstić information content (AvgIpc) is 2.38. The first-order valence-corrected chi connectivity index (χ1v) is 6.90. The van der Waals surface area contributed by atoms with Crippen molar-refractivity contribution in [3.8, 4) is 0 Å². The standard InChI is InChI=1S/C16H26N2/c1-12-8-13(2)15(14(3)9-12)16(4)10-17-6-7-18(5)11-16/h8-9,17H,6-7,10-11H2,1-5H3. The van der Waals surface area contributed by atoms with Crippen LogP contribution in [0.2, 0.25) is 0 Å². The van der Waals surface area contributed by atoms with Gasteiger partial charge < -0.3 is 10.2 Å². The highest BCUT2D eigenvalue weighted by Gasteiger charge is 2.32. The fourth-order valence-electron chi connectivity index (χ4n) is 3.66. The highest BCUT2D eigenvalue weighted by atomic mass is 15.1. The molecule has 1 aliphatic rings. The molecule has 0 bridgehead atoms. The molecule has 2 nitrogen and oxygen atoms in total. The SMILES string of the molecule is Cc1cc(C)c(C2(C)CNCCN(C)C2)c(C)c1. The number of rotatable bonds is 1. The molecular formula is C16H26N2. The van der Waals surface area contributed by atoms with Crippen LogP contribution in [-0.2, 0) is 5.41 Å². The van der Waals surface area contributed by atoms with Crippen molar-refractivity contribution in [2.45, 2.75) is 33.1 Å². The molecule has 1 aromatic rings. The summed E-state index contributed by atoms with van der Waals surface area (Å²) in [4.78, 5) is 2.44. The van der Waals surface area contributed by atoms with Crippen LogP contribution in [-0.4, -0.2) is 38.1 Å². The first-order chi connectivity index (χ1) is 8.42. The van der Waals surface area contributed by atoms with Crippen LogP contribution in [0.25, 0.3) is 0 Å². The molecule has 0 aliphatic carbocycles. The maximum atomic E-state index is 3.59. The second-order valence-electron chi connectivity index (χ2n) is 6.25. The first kappa shape index (κ1) is 13.6. The van der Waals surface area contributed by atoms with Crippen molar-refractivity contribution in [3.05, 3.63) is 34.4 Å². The van der Waals surface area contributed by atoms with Crippen LogP contribution in [0.1, 0.15) is 29.2 Å². The Kier molecular flexibility index (Phi) is 3.79. The van der Waals surface area contributed by atoms with Crippen molar-refractivity contribution in [1.29, 1.82) is 0 Å². The lowest BCUT2D eigenvalue weighted by Crippen LogP contribution is -2.41. The fourth-order valence-corrected chi connectivity index (χ4v) is 3.66. The van der Waals surface area contributed by atoms with E-state index in [9.17, 15) is 0 Å². The number of aryl methyl sites for hydroxylation is 3. The molecule has 100 valence electrons. The van der Waals surface area contributed by atoms with Crippen LogP contribution in [0.15, 0.2) is 12.1 Å². The number of likely N-dealkylation sites (N-methyl/N-ethyl adjacent to an activating group) is 1. The highest BCUT2D eigenvalue weighted by molar-refractivity contribution is 5.43. The van der Waals surface area contributed by atoms with Gasteiger partial charge in [0.05, 0.1) is 0 Å². The molecule has 1 aliphatic heterocycles. The molecule has 1 unspecified atom stereocenters. The molecule has 2 rings (SSSR count). The second-order valence-corrected chi connectivity index (χ2v) is 6.25. The van der Waals surface area contributed by atoms with Gasteiger partial charge in [-0.3, -0.25) is 0 Å². The van der Waals surface area contributed by atoms with Crippen LogP contribution in [0.5, 0.6) is 0 Å². The average molecular weight is 246 g/mol. The summed E-state index contributed by atoms with van der Waals surface area (Å²) in [5.41, 5.74) is 5.99. The predicted molar refractivity (Wildman–Crippen MR) is 78.4 cm³/mol. The van der Waals surface area contributed by atoms with Gasteiger partial charge in [0, 0.05) is 31.6 Å². The van der Waals surface area contributed by atoms with E-state index in [-0.39, 0.29) is 5.41 Å². The van der Waals surface area contributed by atoms with Gasteiger partial charge in [-0.15, -0.1) is 0 Å². The monoisotopic (exact) mass is 246 g/mol. The van der Waals surface area contributed by atoms with Crippen LogP contribution < -0.4 is 5.32 Å². The van der Waals surface area contributed by atoms with Crippen LogP contribution in [0, 0.1) is 20.8 Å². The van der Waals surface area contributed by atoms with Gasteiger partial charge in [0.1, 0.15) is 0 Å². The minimum Gasteiger partial charge on any atom is -0.315 e. The number of hydrogen-bond donors (Lipinski definition) is 1. The molecule has 0 saturated carbocycles. The Labute approximate surface area is 111 Å². The third-order valence-electron chi connectivity index (χ3n) is 4.08. The summed E-state index contributed by atoms with van der Waals surface area (Å²) in [6.45, 7) is 13.5. The lowest BCUT2D eigenvalue weighted by atomic mass is 9.77. The van der Waals surface area contributed by atoms with Gasteiger partial charge >= 0.3 is 0 Å². The summed E-state index contributed by atoms with van der Waals surface area (Å²) in [6, 6.07) is 4.64. The Morgan fingerprint density at radius 3 is 2.39 bits per heavy atom. The molecule has 18 heavy (non-hydrogen) atoms. The zero-order valence-corrected chi connectivity index (χ0v) is 12.4. The van der Waals surface area contributed by atoms with Crippen molar-refractivity contribution in [3.63, 3.8) is 0 Å². The van der Waals surface area contributed by atoms with Crippen molar-refractivity contribution >= 4 is 0 Å². The zero-order valence-electron chi connectivity index (χ0n) is 12.4. The molecule has 1 atom stereocenters. The van der Waals surface area contributed by atoms with Gasteiger partial charge in [-0.1, -0.05) is 24.6 Å². The van der Waals surface area contributed by atoms with Crippen molar-refractivity contribution in [2.75, 3.05) is 33.2 Å². The largest absolute Gasteiger partial charge is 0.315 e. The summed E-state index contributed by atoms with van der Waals surface area (Å²) >= 11 is 0. The number of nitrogens with one attached hydrogen (secondary N) is 1. The summed E-state index contributed by atoms with van der Waals surface area (Å²) in [7, 11) is 2.23. The summed E-state index contributed by atoms with van der Waals surface area (Å²) in [5, 5.41) is 3.59. The van der Waals surface area contributed by atoms with Crippen molar-refractivity contribution in [2.24, 2.45) is 0 Å². The fraction of sp³-hybridized carbons (Fsp3) is 0.625. The molecule has 1 fully saturated rings. The molecule has 0 spiro atoms. The Morgan fingerprint density at radius 2 is 1.78 bits per heavy atom. The first-order valence-electron chi connectivity index (χ1n) is 6.90. The van der Waals surface area contributed by atoms with E-state index < -0.39 is 0 Å². The third kappa shape index (κ3) is 2.60. The molecule has 1 saturated heterocycles. The summed E-state index contributed by atoms with van der Waals surface area (Å²) < 4.78 is 0. The van der Waals surface area contributed by atoms with E-state index in [2.05, 4.69) is 57.1 Å². The Bertz CT molecular complexity index is 416. The maximum absolute atomic E-state index is 3.59. The topological polar surface area (TPSA) is 15.3 Å². The second kappa shape index (κ2) is 5.02. The van der Waals surface area contributed by atoms with E-state index >= 15 is 0 Å². The normalized spacial score (nSPS) is 26.1. The number of hydrogen-bond acceptors (Lipinski definition) is 2. The van der Waals surface area contributed by atoms with Gasteiger partial charge in [0.15, 0.2) is 0 Å². The van der Waals surface area contributed by atoms with E-state index in [4.69, 9.17) is 0 Å². The Hall–Kier alpha value is -0.860.